The van der Waals surface area contributed by atoms with Crippen LogP contribution in [0.1, 0.15) is 36.8 Å². The zero-order chi connectivity index (χ0) is 22.3. The molecular formula is C22H26F2N4O4. The Hall–Kier alpha value is -3.30. The van der Waals surface area contributed by atoms with E-state index >= 15 is 0 Å². The van der Waals surface area contributed by atoms with E-state index in [-0.39, 0.29) is 25.2 Å². The number of nitrogens with one attached hydrogen (secondary N) is 2. The van der Waals surface area contributed by atoms with E-state index in [2.05, 4.69) is 25.3 Å². The largest absolute Gasteiger partial charge is 0.474 e. The molecule has 1 fully saturated rings. The fourth-order valence-electron chi connectivity index (χ4n) is 3.70. The number of rotatable bonds is 8. The summed E-state index contributed by atoms with van der Waals surface area (Å²) in [5, 5.41) is 6.30. The summed E-state index contributed by atoms with van der Waals surface area (Å²) in [5.41, 5.74) is 1.48. The van der Waals surface area contributed by atoms with Crippen LogP contribution in [0.15, 0.2) is 35.5 Å². The fourth-order valence-corrected chi connectivity index (χ4v) is 3.70. The molecule has 2 aromatic rings. The third-order valence-corrected chi connectivity index (χ3v) is 5.29. The molecule has 1 aliphatic heterocycles. The standard InChI is InChI=1S/C22H26F2N4O4/c1-25-22(27-11-14-6-7-26-20(8-14)31-16-4-2-3-5-16)28-12-15-9-18-19(30-13-29-18)10-17(15)32-21(23)24/h6-10,16,21H,2-5,11-13H2,1H3,(H2,25,27,28). The van der Waals surface area contributed by atoms with Gasteiger partial charge in [-0.05, 0) is 43.4 Å². The van der Waals surface area contributed by atoms with E-state index in [4.69, 9.17) is 14.2 Å². The summed E-state index contributed by atoms with van der Waals surface area (Å²) in [5.74, 6) is 2.00. The summed E-state index contributed by atoms with van der Waals surface area (Å²) in [6.45, 7) is -2.21. The normalized spacial score (nSPS) is 15.8. The van der Waals surface area contributed by atoms with E-state index in [9.17, 15) is 8.78 Å². The molecule has 1 aromatic heterocycles. The molecule has 8 nitrogen and oxygen atoms in total. The van der Waals surface area contributed by atoms with Crippen LogP contribution in [0, 0.1) is 0 Å². The lowest BCUT2D eigenvalue weighted by molar-refractivity contribution is -0.0505. The van der Waals surface area contributed by atoms with Gasteiger partial charge in [0.05, 0.1) is 0 Å². The van der Waals surface area contributed by atoms with Crippen molar-refractivity contribution in [3.63, 3.8) is 0 Å². The van der Waals surface area contributed by atoms with Gasteiger partial charge in [-0.15, -0.1) is 0 Å². The van der Waals surface area contributed by atoms with Gasteiger partial charge in [-0.25, -0.2) is 4.98 Å². The van der Waals surface area contributed by atoms with Crippen LogP contribution < -0.4 is 29.6 Å². The van der Waals surface area contributed by atoms with Crippen LogP contribution >= 0.6 is 0 Å². The van der Waals surface area contributed by atoms with Gasteiger partial charge in [0, 0.05) is 44.0 Å². The molecule has 0 saturated heterocycles. The third kappa shape index (κ3) is 5.68. The van der Waals surface area contributed by atoms with Gasteiger partial charge in [0.25, 0.3) is 0 Å². The zero-order valence-electron chi connectivity index (χ0n) is 17.8. The van der Waals surface area contributed by atoms with Gasteiger partial charge >= 0.3 is 6.61 Å². The summed E-state index contributed by atoms with van der Waals surface area (Å²) >= 11 is 0. The smallest absolute Gasteiger partial charge is 0.387 e. The maximum atomic E-state index is 12.8. The average Bonchev–Trinajstić information content (AvgIpc) is 3.45. The third-order valence-electron chi connectivity index (χ3n) is 5.29. The highest BCUT2D eigenvalue weighted by Crippen LogP contribution is 2.38. The summed E-state index contributed by atoms with van der Waals surface area (Å²) in [7, 11) is 1.63. The Balaban J connectivity index is 1.35. The number of fused-ring (bicyclic) bond motifs is 1. The minimum Gasteiger partial charge on any atom is -0.474 e. The van der Waals surface area contributed by atoms with Crippen LogP contribution in [0.5, 0.6) is 23.1 Å². The van der Waals surface area contributed by atoms with Crippen LogP contribution in [-0.2, 0) is 13.1 Å². The van der Waals surface area contributed by atoms with E-state index in [0.29, 0.717) is 35.4 Å². The number of nitrogens with zero attached hydrogens (tertiary/aromatic N) is 2. The molecule has 0 bridgehead atoms. The monoisotopic (exact) mass is 448 g/mol. The molecule has 2 heterocycles. The van der Waals surface area contributed by atoms with Gasteiger partial charge < -0.3 is 29.6 Å². The minimum atomic E-state index is -2.95. The second-order valence-corrected chi connectivity index (χ2v) is 7.50. The first-order chi connectivity index (χ1) is 15.6. The second kappa shape index (κ2) is 10.3. The Bertz CT molecular complexity index is 952. The van der Waals surface area contributed by atoms with Crippen molar-refractivity contribution in [1.82, 2.24) is 15.6 Å². The molecule has 0 unspecified atom stereocenters. The lowest BCUT2D eigenvalue weighted by Gasteiger charge is -2.16. The van der Waals surface area contributed by atoms with Gasteiger partial charge in [-0.2, -0.15) is 8.78 Å². The van der Waals surface area contributed by atoms with E-state index < -0.39 is 6.61 Å². The Morgan fingerprint density at radius 3 is 2.66 bits per heavy atom. The molecule has 2 aliphatic rings. The SMILES string of the molecule is CN=C(NCc1ccnc(OC2CCCC2)c1)NCc1cc2c(cc1OC(F)F)OCO2. The Morgan fingerprint density at radius 1 is 1.16 bits per heavy atom. The number of guanidine groups is 1. The number of halogens is 2. The zero-order valence-corrected chi connectivity index (χ0v) is 17.8. The lowest BCUT2D eigenvalue weighted by atomic mass is 10.1. The number of aliphatic imine (C=N–C) groups is 1. The first-order valence-electron chi connectivity index (χ1n) is 10.5. The van der Waals surface area contributed by atoms with Crippen molar-refractivity contribution in [2.75, 3.05) is 13.8 Å². The Kier molecular flexibility index (Phi) is 7.08. The van der Waals surface area contributed by atoms with Gasteiger partial charge in [0.1, 0.15) is 11.9 Å². The van der Waals surface area contributed by atoms with Crippen molar-refractivity contribution < 1.29 is 27.7 Å². The molecule has 1 aromatic carbocycles. The number of pyridine rings is 1. The molecule has 10 heteroatoms. The Morgan fingerprint density at radius 2 is 1.91 bits per heavy atom. The van der Waals surface area contributed by atoms with Crippen LogP contribution in [0.4, 0.5) is 8.78 Å². The highest BCUT2D eigenvalue weighted by molar-refractivity contribution is 5.79. The van der Waals surface area contributed by atoms with E-state index in [1.54, 1.807) is 19.3 Å². The van der Waals surface area contributed by atoms with Crippen molar-refractivity contribution in [3.05, 3.63) is 41.6 Å². The summed E-state index contributed by atoms with van der Waals surface area (Å²) < 4.78 is 46.8. The maximum absolute atomic E-state index is 12.8. The lowest BCUT2D eigenvalue weighted by Crippen LogP contribution is -2.36. The predicted octanol–water partition coefficient (Wildman–Crippen LogP) is 3.60. The molecule has 4 rings (SSSR count). The number of hydrogen-bond acceptors (Lipinski definition) is 6. The molecular weight excluding hydrogens is 422 g/mol. The van der Waals surface area contributed by atoms with Crippen LogP contribution in [0.3, 0.4) is 0 Å². The minimum absolute atomic E-state index is 0.0232. The van der Waals surface area contributed by atoms with Crippen molar-refractivity contribution >= 4 is 5.96 Å². The summed E-state index contributed by atoms with van der Waals surface area (Å²) in [4.78, 5) is 8.48. The van der Waals surface area contributed by atoms with Crippen LogP contribution in [0.2, 0.25) is 0 Å². The average molecular weight is 448 g/mol. The van der Waals surface area contributed by atoms with Gasteiger partial charge in [-0.1, -0.05) is 0 Å². The van der Waals surface area contributed by atoms with Crippen molar-refractivity contribution in [1.29, 1.82) is 0 Å². The number of benzene rings is 1. The maximum Gasteiger partial charge on any atom is 0.387 e. The summed E-state index contributed by atoms with van der Waals surface area (Å²) in [6, 6.07) is 6.83. The number of ether oxygens (including phenoxy) is 4. The highest BCUT2D eigenvalue weighted by atomic mass is 19.3. The highest BCUT2D eigenvalue weighted by Gasteiger charge is 2.20. The second-order valence-electron chi connectivity index (χ2n) is 7.50. The quantitative estimate of drug-likeness (QED) is 0.471. The van der Waals surface area contributed by atoms with Crippen LogP contribution in [-0.4, -0.2) is 37.5 Å². The molecule has 0 radical (unpaired) electrons. The number of alkyl halides is 2. The van der Waals surface area contributed by atoms with Crippen molar-refractivity contribution in [2.24, 2.45) is 4.99 Å². The predicted molar refractivity (Wildman–Crippen MR) is 113 cm³/mol. The van der Waals surface area contributed by atoms with Crippen molar-refractivity contribution in [2.45, 2.75) is 51.5 Å². The number of hydrogen-bond donors (Lipinski definition) is 2. The van der Waals surface area contributed by atoms with E-state index in [1.165, 1.54) is 18.9 Å². The first kappa shape index (κ1) is 21.9. The van der Waals surface area contributed by atoms with Crippen molar-refractivity contribution in [3.8, 4) is 23.1 Å². The molecule has 32 heavy (non-hydrogen) atoms. The molecule has 0 amide bonds. The molecule has 2 N–H and O–H groups in total. The molecule has 1 aliphatic carbocycles. The van der Waals surface area contributed by atoms with Gasteiger partial charge in [0.2, 0.25) is 12.7 Å². The Labute approximate surface area is 184 Å². The molecule has 172 valence electrons. The van der Waals surface area contributed by atoms with E-state index in [0.717, 1.165) is 18.4 Å². The van der Waals surface area contributed by atoms with Crippen LogP contribution in [0.25, 0.3) is 0 Å². The number of aromatic nitrogens is 1. The molecule has 0 atom stereocenters. The summed E-state index contributed by atoms with van der Waals surface area (Å²) in [6.07, 6.45) is 6.49. The van der Waals surface area contributed by atoms with Gasteiger partial charge in [-0.3, -0.25) is 4.99 Å². The topological polar surface area (TPSA) is 86.2 Å². The van der Waals surface area contributed by atoms with E-state index in [1.807, 2.05) is 12.1 Å². The molecule has 0 spiro atoms. The molecule has 1 saturated carbocycles. The first-order valence-corrected chi connectivity index (χ1v) is 10.5. The van der Waals surface area contributed by atoms with Gasteiger partial charge in [0.15, 0.2) is 17.5 Å². The fraction of sp³-hybridized carbons (Fsp3) is 0.455.